The van der Waals surface area contributed by atoms with E-state index in [4.69, 9.17) is 9.63 Å². The highest BCUT2D eigenvalue weighted by Crippen LogP contribution is 2.35. The number of benzene rings is 1. The highest BCUT2D eigenvalue weighted by atomic mass is 31.1. The van der Waals surface area contributed by atoms with E-state index in [2.05, 4.69) is 25.7 Å². The average molecular weight is 457 g/mol. The molecule has 32 heavy (non-hydrogen) atoms. The highest BCUT2D eigenvalue weighted by molar-refractivity contribution is 7.39. The number of hydrogen-bond donors (Lipinski definition) is 2. The summed E-state index contributed by atoms with van der Waals surface area (Å²) in [4.78, 5) is 10.6. The van der Waals surface area contributed by atoms with Gasteiger partial charge in [0.1, 0.15) is 12.4 Å². The lowest BCUT2D eigenvalue weighted by molar-refractivity contribution is -0.138. The molecular formula is C24H25FNO5P. The Labute approximate surface area is 186 Å². The number of hydrogen-bond acceptors (Lipinski definition) is 4. The zero-order chi connectivity index (χ0) is 23.3. The number of carboxylic acid groups (broad SMARTS) is 1. The van der Waals surface area contributed by atoms with Gasteiger partial charge in [0.2, 0.25) is 0 Å². The third-order valence-electron chi connectivity index (χ3n) is 4.91. The number of rotatable bonds is 8. The van der Waals surface area contributed by atoms with E-state index in [-0.39, 0.29) is 24.5 Å². The molecule has 8 heteroatoms. The molecule has 0 spiro atoms. The van der Waals surface area contributed by atoms with Crippen molar-refractivity contribution in [3.8, 4) is 23.1 Å². The molecule has 6 nitrogen and oxygen atoms in total. The van der Waals surface area contributed by atoms with Crippen molar-refractivity contribution >= 4 is 19.5 Å². The standard InChI is InChI=1S/C24H25FNO5P/c1-16(2)23-20(6-5-13-31-32(30)15-19(27)14-22(28)29)24(17-8-10-18(25)11-9-17)26-12-4-3-7-21(23)26/h3-4,7-12,16,19,27,32H,13-15H2,1-2H3,(H,28,29)/t19-/m0/s1. The highest BCUT2D eigenvalue weighted by Gasteiger charge is 2.20. The molecular weight excluding hydrogens is 432 g/mol. The van der Waals surface area contributed by atoms with E-state index in [1.165, 1.54) is 12.1 Å². The van der Waals surface area contributed by atoms with Crippen molar-refractivity contribution in [1.29, 1.82) is 0 Å². The Morgan fingerprint density at radius 2 is 1.94 bits per heavy atom. The second-order valence-corrected chi connectivity index (χ2v) is 9.11. The molecule has 1 unspecified atom stereocenters. The van der Waals surface area contributed by atoms with Crippen LogP contribution < -0.4 is 0 Å². The van der Waals surface area contributed by atoms with Crippen LogP contribution in [0.5, 0.6) is 0 Å². The number of pyridine rings is 1. The van der Waals surface area contributed by atoms with Gasteiger partial charge in [0.15, 0.2) is 8.03 Å². The van der Waals surface area contributed by atoms with E-state index in [0.717, 1.165) is 27.9 Å². The minimum absolute atomic E-state index is 0.121. The Morgan fingerprint density at radius 3 is 2.59 bits per heavy atom. The maximum Gasteiger partial charge on any atom is 0.305 e. The topological polar surface area (TPSA) is 88.2 Å². The number of aliphatic hydroxyl groups is 1. The Bertz CT molecular complexity index is 1190. The first kappa shape index (κ1) is 23.7. The minimum Gasteiger partial charge on any atom is -0.481 e. The number of aromatic nitrogens is 1. The largest absolute Gasteiger partial charge is 0.481 e. The van der Waals surface area contributed by atoms with Crippen molar-refractivity contribution in [1.82, 2.24) is 4.40 Å². The number of carboxylic acids is 1. The lowest BCUT2D eigenvalue weighted by Crippen LogP contribution is -2.15. The molecule has 1 aromatic carbocycles. The van der Waals surface area contributed by atoms with E-state index < -0.39 is 26.5 Å². The summed E-state index contributed by atoms with van der Waals surface area (Å²) in [5, 5.41) is 18.2. The molecule has 0 aliphatic heterocycles. The van der Waals surface area contributed by atoms with E-state index in [9.17, 15) is 18.9 Å². The van der Waals surface area contributed by atoms with Gasteiger partial charge in [-0.1, -0.05) is 31.8 Å². The first-order valence-electron chi connectivity index (χ1n) is 10.2. The lowest BCUT2D eigenvalue weighted by atomic mass is 9.97. The monoisotopic (exact) mass is 457 g/mol. The van der Waals surface area contributed by atoms with Crippen LogP contribution in [0.15, 0.2) is 48.7 Å². The van der Waals surface area contributed by atoms with E-state index in [0.29, 0.717) is 0 Å². The molecule has 0 amide bonds. The van der Waals surface area contributed by atoms with Gasteiger partial charge >= 0.3 is 5.97 Å². The molecule has 168 valence electrons. The van der Waals surface area contributed by atoms with Gasteiger partial charge in [0, 0.05) is 12.4 Å². The molecule has 0 fully saturated rings. The van der Waals surface area contributed by atoms with Gasteiger partial charge < -0.3 is 19.1 Å². The minimum atomic E-state index is -2.62. The molecule has 0 saturated carbocycles. The molecule has 0 aliphatic carbocycles. The van der Waals surface area contributed by atoms with E-state index in [1.807, 2.05) is 28.8 Å². The third kappa shape index (κ3) is 5.66. The first-order chi connectivity index (χ1) is 15.3. The fourth-order valence-electron chi connectivity index (χ4n) is 3.60. The number of nitrogens with zero attached hydrogens (tertiary/aromatic N) is 1. The van der Waals surface area contributed by atoms with Crippen molar-refractivity contribution in [3.63, 3.8) is 0 Å². The van der Waals surface area contributed by atoms with Crippen LogP contribution in [0.25, 0.3) is 16.8 Å². The first-order valence-corrected chi connectivity index (χ1v) is 11.7. The number of fused-ring (bicyclic) bond motifs is 1. The smallest absolute Gasteiger partial charge is 0.305 e. The summed E-state index contributed by atoms with van der Waals surface area (Å²) in [5.74, 6) is 4.71. The number of carbonyl (C=O) groups is 1. The fourth-order valence-corrected chi connectivity index (χ4v) is 4.48. The summed E-state index contributed by atoms with van der Waals surface area (Å²) in [6.45, 7) is 4.02. The van der Waals surface area contributed by atoms with Crippen LogP contribution in [-0.2, 0) is 13.9 Å². The molecule has 2 N–H and O–H groups in total. The van der Waals surface area contributed by atoms with Gasteiger partial charge in [-0.25, -0.2) is 4.39 Å². The molecule has 2 atom stereocenters. The zero-order valence-corrected chi connectivity index (χ0v) is 18.8. The van der Waals surface area contributed by atoms with E-state index in [1.54, 1.807) is 12.1 Å². The number of halogens is 1. The maximum atomic E-state index is 13.5. The Hall–Kier alpha value is -2.91. The molecule has 3 aromatic rings. The third-order valence-corrected chi connectivity index (χ3v) is 6.18. The van der Waals surface area contributed by atoms with Crippen LogP contribution in [0.2, 0.25) is 0 Å². The van der Waals surface area contributed by atoms with Crippen molar-refractivity contribution in [2.75, 3.05) is 12.8 Å². The van der Waals surface area contributed by atoms with Gasteiger partial charge in [0.05, 0.1) is 29.3 Å². The van der Waals surface area contributed by atoms with Gasteiger partial charge in [0.25, 0.3) is 0 Å². The van der Waals surface area contributed by atoms with Crippen molar-refractivity contribution in [3.05, 3.63) is 65.6 Å². The van der Waals surface area contributed by atoms with Crippen LogP contribution in [-0.4, -0.2) is 39.5 Å². The Kier molecular flexibility index (Phi) is 7.87. The van der Waals surface area contributed by atoms with Crippen molar-refractivity contribution < 1.29 is 28.5 Å². The molecule has 2 aromatic heterocycles. The fraction of sp³-hybridized carbons (Fsp3) is 0.292. The SMILES string of the molecule is CC(C)c1c(C#CCO[PH](=O)C[C@@H](O)CC(=O)O)c(-c2ccc(F)cc2)n2ccccc12. The van der Waals surface area contributed by atoms with Gasteiger partial charge in [-0.3, -0.25) is 9.36 Å². The van der Waals surface area contributed by atoms with Crippen LogP contribution in [0.3, 0.4) is 0 Å². The van der Waals surface area contributed by atoms with Crippen LogP contribution >= 0.6 is 8.03 Å². The molecule has 3 rings (SSSR count). The van der Waals surface area contributed by atoms with Crippen molar-refractivity contribution in [2.45, 2.75) is 32.3 Å². The molecule has 0 bridgehead atoms. The second-order valence-electron chi connectivity index (χ2n) is 7.67. The number of aliphatic carboxylic acids is 1. The van der Waals surface area contributed by atoms with Gasteiger partial charge in [-0.05, 0) is 53.4 Å². The normalized spacial score (nSPS) is 13.0. The maximum absolute atomic E-state index is 13.5. The van der Waals surface area contributed by atoms with Crippen molar-refractivity contribution in [2.24, 2.45) is 0 Å². The summed E-state index contributed by atoms with van der Waals surface area (Å²) >= 11 is 0. The molecule has 0 aliphatic rings. The summed E-state index contributed by atoms with van der Waals surface area (Å²) in [5.41, 5.74) is 4.47. The summed E-state index contributed by atoms with van der Waals surface area (Å²) < 4.78 is 32.7. The molecule has 2 heterocycles. The van der Waals surface area contributed by atoms with Crippen LogP contribution in [0, 0.1) is 17.7 Å². The quantitative estimate of drug-likeness (QED) is 0.383. The zero-order valence-electron chi connectivity index (χ0n) is 17.8. The lowest BCUT2D eigenvalue weighted by Gasteiger charge is -2.07. The number of aliphatic hydroxyl groups excluding tert-OH is 1. The van der Waals surface area contributed by atoms with Gasteiger partial charge in [-0.2, -0.15) is 0 Å². The summed E-state index contributed by atoms with van der Waals surface area (Å²) in [6, 6.07) is 12.1. The Morgan fingerprint density at radius 1 is 1.22 bits per heavy atom. The van der Waals surface area contributed by atoms with Crippen LogP contribution in [0.4, 0.5) is 4.39 Å². The summed E-state index contributed by atoms with van der Waals surface area (Å²) in [6.07, 6.45) is -0.000284. The van der Waals surface area contributed by atoms with Crippen LogP contribution in [0.1, 0.15) is 37.3 Å². The average Bonchev–Trinajstić information content (AvgIpc) is 3.05. The second kappa shape index (κ2) is 10.6. The van der Waals surface area contributed by atoms with E-state index >= 15 is 0 Å². The Balaban J connectivity index is 1.92. The van der Waals surface area contributed by atoms with Gasteiger partial charge in [-0.15, -0.1) is 0 Å². The molecule has 0 radical (unpaired) electrons. The molecule has 0 saturated heterocycles. The predicted molar refractivity (Wildman–Crippen MR) is 122 cm³/mol. The predicted octanol–water partition coefficient (Wildman–Crippen LogP) is 4.55. The summed E-state index contributed by atoms with van der Waals surface area (Å²) in [7, 11) is -2.62.